The van der Waals surface area contributed by atoms with E-state index in [1.165, 1.54) is 4.31 Å². The Morgan fingerprint density at radius 1 is 0.897 bits per heavy atom. The van der Waals surface area contributed by atoms with Crippen molar-refractivity contribution in [2.45, 2.75) is 148 Å². The van der Waals surface area contributed by atoms with Gasteiger partial charge in [0.1, 0.15) is 29.0 Å². The maximum atomic E-state index is 15.2. The first-order valence-corrected chi connectivity index (χ1v) is 24.3. The van der Waals surface area contributed by atoms with Crippen molar-refractivity contribution >= 4 is 51.5 Å². The predicted molar refractivity (Wildman–Crippen MR) is 223 cm³/mol. The van der Waals surface area contributed by atoms with Gasteiger partial charge in [-0.1, -0.05) is 73.3 Å². The molecule has 4 N–H and O–H groups in total. The van der Waals surface area contributed by atoms with Gasteiger partial charge in [0.15, 0.2) is 0 Å². The molecule has 5 amide bonds. The molecule has 7 atom stereocenters. The van der Waals surface area contributed by atoms with Crippen molar-refractivity contribution in [2.24, 2.45) is 33.5 Å². The number of rotatable bonds is 13. The van der Waals surface area contributed by atoms with Crippen LogP contribution < -0.4 is 20.7 Å². The molecule has 4 aliphatic carbocycles. The molecule has 0 radical (unpaired) electrons. The summed E-state index contributed by atoms with van der Waals surface area (Å²) in [5, 5.41) is 8.86. The third-order valence-corrected chi connectivity index (χ3v) is 18.5. The maximum absolute atomic E-state index is 15.2. The molecule has 324 valence electrons. The van der Waals surface area contributed by atoms with Gasteiger partial charge in [-0.15, -0.1) is 18.3 Å². The number of hydrogen-bond donors (Lipinski definition) is 4. The minimum atomic E-state index is -4.11. The Labute approximate surface area is 349 Å². The van der Waals surface area contributed by atoms with E-state index < -0.39 is 62.9 Å². The molecule has 58 heavy (non-hydrogen) atoms. The lowest BCUT2D eigenvalue weighted by Crippen LogP contribution is -2.63. The number of fused-ring (bicyclic) bond motifs is 1. The van der Waals surface area contributed by atoms with E-state index in [-0.39, 0.29) is 45.8 Å². The average molecular weight is 846 g/mol. The fourth-order valence-electron chi connectivity index (χ4n) is 11.8. The van der Waals surface area contributed by atoms with E-state index in [4.69, 9.17) is 0 Å². The van der Waals surface area contributed by atoms with Crippen LogP contribution >= 0.6 is 11.8 Å². The third kappa shape index (κ3) is 7.20. The third-order valence-electron chi connectivity index (χ3n) is 15.8. The van der Waals surface area contributed by atoms with Gasteiger partial charge in [0.05, 0.1) is 0 Å². The second-order valence-electron chi connectivity index (χ2n) is 19.9. The van der Waals surface area contributed by atoms with E-state index >= 15 is 4.79 Å². The van der Waals surface area contributed by atoms with Crippen LogP contribution in [0.15, 0.2) is 12.7 Å². The van der Waals surface area contributed by atoms with Crippen molar-refractivity contribution in [1.82, 2.24) is 34.8 Å². The minimum absolute atomic E-state index is 0.0167. The van der Waals surface area contributed by atoms with Gasteiger partial charge in [-0.3, -0.25) is 28.9 Å². The van der Waals surface area contributed by atoms with Crippen molar-refractivity contribution in [3.05, 3.63) is 12.7 Å². The molecule has 4 saturated carbocycles. The van der Waals surface area contributed by atoms with Gasteiger partial charge in [-0.05, 0) is 80.1 Å². The van der Waals surface area contributed by atoms with Gasteiger partial charge < -0.3 is 20.9 Å². The Morgan fingerprint density at radius 2 is 1.57 bits per heavy atom. The molecule has 7 rings (SSSR count). The molecule has 0 aromatic heterocycles. The van der Waals surface area contributed by atoms with Crippen LogP contribution in [-0.4, -0.2) is 120 Å². The molecule has 3 saturated heterocycles. The number of carbonyl (C=O) groups excluding carboxylic acids is 5. The van der Waals surface area contributed by atoms with Crippen LogP contribution in [0.4, 0.5) is 0 Å². The zero-order chi connectivity index (χ0) is 42.1. The quantitative estimate of drug-likeness (QED) is 0.203. The van der Waals surface area contributed by atoms with Gasteiger partial charge >= 0.3 is 10.2 Å². The van der Waals surface area contributed by atoms with Crippen molar-refractivity contribution in [1.29, 1.82) is 0 Å². The van der Waals surface area contributed by atoms with Gasteiger partial charge in [-0.25, -0.2) is 4.72 Å². The molecule has 3 heterocycles. The highest BCUT2D eigenvalue weighted by Crippen LogP contribution is 2.88. The molecular formula is C42H67N7O7S2. The Kier molecular flexibility index (Phi) is 11.7. The van der Waals surface area contributed by atoms with E-state index in [0.717, 1.165) is 70.2 Å². The Morgan fingerprint density at radius 3 is 2.12 bits per heavy atom. The summed E-state index contributed by atoms with van der Waals surface area (Å²) >= 11 is 1.58. The summed E-state index contributed by atoms with van der Waals surface area (Å²) in [5.41, 5.74) is -2.78. The first kappa shape index (κ1) is 43.4. The summed E-state index contributed by atoms with van der Waals surface area (Å²) in [4.78, 5) is 75.9. The Hall–Kier alpha value is -2.69. The summed E-state index contributed by atoms with van der Waals surface area (Å²) in [6.45, 7) is 18.5. The highest BCUT2D eigenvalue weighted by atomic mass is 32.2. The molecule has 3 aliphatic heterocycles. The molecule has 2 spiro atoms. The summed E-state index contributed by atoms with van der Waals surface area (Å²) in [6, 6.07) is -2.78. The van der Waals surface area contributed by atoms with Crippen LogP contribution in [0.5, 0.6) is 0 Å². The summed E-state index contributed by atoms with van der Waals surface area (Å²) in [5.74, 6) is -1.98. The van der Waals surface area contributed by atoms with Crippen LogP contribution in [0.2, 0.25) is 0 Å². The minimum Gasteiger partial charge on any atom is -0.342 e. The van der Waals surface area contributed by atoms with Crippen LogP contribution in [0.1, 0.15) is 119 Å². The monoisotopic (exact) mass is 845 g/mol. The number of amides is 5. The summed E-state index contributed by atoms with van der Waals surface area (Å²) in [6.07, 6.45) is 11.3. The van der Waals surface area contributed by atoms with E-state index in [1.807, 2.05) is 27.7 Å². The van der Waals surface area contributed by atoms with E-state index in [9.17, 15) is 27.6 Å². The van der Waals surface area contributed by atoms with Crippen molar-refractivity contribution in [3.8, 4) is 0 Å². The van der Waals surface area contributed by atoms with E-state index in [0.29, 0.717) is 38.9 Å². The Bertz CT molecular complexity index is 1780. The van der Waals surface area contributed by atoms with Gasteiger partial charge in [-0.2, -0.15) is 12.7 Å². The number of likely N-dealkylation sites (tertiary alicyclic amines) is 1. The number of nitrogens with one attached hydrogen (secondary N) is 4. The largest absolute Gasteiger partial charge is 0.342 e. The SMILES string of the molecule is C=C[C@@H]1C[C@]1(NC(=O)[C@@H]1C[C@@]2(CN1C(=O)[C@@H](NC(=O)[C@@H](NC(=O)[C@@H]1SCCN1CC)C1CCCCC1)C(C)(C)C)C(C)(C)C21CCC1)C(=O)NS(=O)(=O)N1CCCC1. The summed E-state index contributed by atoms with van der Waals surface area (Å²) < 4.78 is 29.8. The van der Waals surface area contributed by atoms with Crippen molar-refractivity contribution < 1.29 is 32.4 Å². The first-order chi connectivity index (χ1) is 27.3. The summed E-state index contributed by atoms with van der Waals surface area (Å²) in [7, 11) is -4.11. The smallest absolute Gasteiger partial charge is 0.303 e. The van der Waals surface area contributed by atoms with Crippen molar-refractivity contribution in [2.75, 3.05) is 38.5 Å². The predicted octanol–water partition coefficient (Wildman–Crippen LogP) is 3.29. The second kappa shape index (κ2) is 15.6. The molecule has 0 bridgehead atoms. The molecule has 16 heteroatoms. The number of thioether (sulfide) groups is 1. The topological polar surface area (TPSA) is 177 Å². The fourth-order valence-corrected chi connectivity index (χ4v) is 14.3. The maximum Gasteiger partial charge on any atom is 0.303 e. The molecule has 7 fully saturated rings. The van der Waals surface area contributed by atoms with Gasteiger partial charge in [0.2, 0.25) is 23.6 Å². The number of likely N-dealkylation sites (N-methyl/N-ethyl adjacent to an activating group) is 1. The lowest BCUT2D eigenvalue weighted by atomic mass is 9.73. The number of carbonyl (C=O) groups is 5. The normalized spacial score (nSPS) is 32.9. The standard InChI is InChI=1S/C42H67N7O7S2/c1-8-28-24-42(28,37(54)46-58(55,56)48-20-13-14-21-48)45-32(50)29-25-41(39(6,7)40(41)18-15-19-40)26-49(29)35(53)31(38(3,4)5)44-33(51)30(27-16-11-10-12-17-27)43-34(52)36-47(9-2)22-23-57-36/h8,27-31,36H,1,9-26H2,2-7H3,(H,43,52)(H,44,51)(H,45,50)(H,46,54)/t28-,29+,30+,31-,36+,41-,42-/m1/s1. The van der Waals surface area contributed by atoms with Crippen LogP contribution in [0.25, 0.3) is 0 Å². The Balaban J connectivity index is 1.15. The molecular weight excluding hydrogens is 779 g/mol. The number of nitrogens with zero attached hydrogens (tertiary/aromatic N) is 3. The lowest BCUT2D eigenvalue weighted by Gasteiger charge is -2.38. The lowest BCUT2D eigenvalue weighted by molar-refractivity contribution is -0.145. The second-order valence-corrected chi connectivity index (χ2v) is 22.8. The first-order valence-electron chi connectivity index (χ1n) is 21.8. The van der Waals surface area contributed by atoms with Gasteiger partial charge in [0, 0.05) is 43.3 Å². The van der Waals surface area contributed by atoms with Crippen LogP contribution in [0.3, 0.4) is 0 Å². The molecule has 7 aliphatic rings. The zero-order valence-corrected chi connectivity index (χ0v) is 37.1. The van der Waals surface area contributed by atoms with Crippen LogP contribution in [-0.2, 0) is 34.2 Å². The van der Waals surface area contributed by atoms with Gasteiger partial charge in [0.25, 0.3) is 5.91 Å². The highest BCUT2D eigenvalue weighted by Gasteiger charge is 2.85. The number of hydrogen-bond acceptors (Lipinski definition) is 9. The molecule has 0 aromatic rings. The van der Waals surface area contributed by atoms with E-state index in [1.54, 1.807) is 22.7 Å². The molecule has 0 unspecified atom stereocenters. The van der Waals surface area contributed by atoms with Crippen molar-refractivity contribution in [3.63, 3.8) is 0 Å². The molecule has 0 aromatic carbocycles. The average Bonchev–Trinajstić information content (AvgIpc) is 3.58. The van der Waals surface area contributed by atoms with Crippen LogP contribution in [0, 0.1) is 33.5 Å². The zero-order valence-electron chi connectivity index (χ0n) is 35.5. The highest BCUT2D eigenvalue weighted by molar-refractivity contribution is 8.00. The molecule has 14 nitrogen and oxygen atoms in total. The van der Waals surface area contributed by atoms with E-state index in [2.05, 4.69) is 46.0 Å². The fraction of sp³-hybridized carbons (Fsp3) is 0.833.